The predicted molar refractivity (Wildman–Crippen MR) is 68.9 cm³/mol. The third kappa shape index (κ3) is 3.01. The second-order valence-electron chi connectivity index (χ2n) is 4.49. The van der Waals surface area contributed by atoms with Gasteiger partial charge in [-0.3, -0.25) is 0 Å². The molecule has 2 atom stereocenters. The smallest absolute Gasteiger partial charge is 0.240 e. The summed E-state index contributed by atoms with van der Waals surface area (Å²) >= 11 is 0. The topological polar surface area (TPSA) is 81.4 Å². The summed E-state index contributed by atoms with van der Waals surface area (Å²) in [5.74, 6) is 0.684. The Kier molecular flexibility index (Phi) is 3.89. The van der Waals surface area contributed by atoms with Crippen LogP contribution in [0.1, 0.15) is 19.3 Å². The first-order valence-corrected chi connectivity index (χ1v) is 7.45. The number of benzene rings is 1. The van der Waals surface area contributed by atoms with Crippen LogP contribution in [0.15, 0.2) is 29.2 Å². The van der Waals surface area contributed by atoms with Crippen molar-refractivity contribution in [3.63, 3.8) is 0 Å². The van der Waals surface area contributed by atoms with E-state index in [0.717, 1.165) is 19.3 Å². The molecule has 2 rings (SSSR count). The molecule has 3 N–H and O–H groups in total. The van der Waals surface area contributed by atoms with Crippen molar-refractivity contribution in [1.82, 2.24) is 4.72 Å². The van der Waals surface area contributed by atoms with E-state index < -0.39 is 10.0 Å². The molecule has 0 heterocycles. The van der Waals surface area contributed by atoms with Crippen LogP contribution in [0, 0.1) is 0 Å². The molecule has 5 nitrogen and oxygen atoms in total. The lowest BCUT2D eigenvalue weighted by atomic mass is 10.3. The number of hydrogen-bond donors (Lipinski definition) is 2. The quantitative estimate of drug-likeness (QED) is 0.850. The van der Waals surface area contributed by atoms with E-state index in [0.29, 0.717) is 5.75 Å². The Labute approximate surface area is 107 Å². The maximum absolute atomic E-state index is 11.5. The molecule has 0 bridgehead atoms. The molecule has 100 valence electrons. The average Bonchev–Trinajstić information content (AvgIpc) is 2.75. The highest BCUT2D eigenvalue weighted by molar-refractivity contribution is 7.89. The van der Waals surface area contributed by atoms with Gasteiger partial charge in [-0.2, -0.15) is 0 Å². The average molecular weight is 270 g/mol. The van der Waals surface area contributed by atoms with E-state index in [1.807, 2.05) is 0 Å². The third-order valence-corrected chi connectivity index (χ3v) is 4.56. The molecule has 0 aromatic heterocycles. The molecule has 1 aliphatic rings. The number of nitrogens with two attached hydrogens (primary N) is 1. The van der Waals surface area contributed by atoms with Crippen molar-refractivity contribution in [2.24, 2.45) is 5.73 Å². The first kappa shape index (κ1) is 13.3. The highest BCUT2D eigenvalue weighted by atomic mass is 32.2. The van der Waals surface area contributed by atoms with Crippen molar-refractivity contribution < 1.29 is 13.2 Å². The largest absolute Gasteiger partial charge is 0.490 e. The molecule has 1 aromatic carbocycles. The van der Waals surface area contributed by atoms with Crippen LogP contribution in [0.3, 0.4) is 0 Å². The van der Waals surface area contributed by atoms with E-state index in [1.165, 1.54) is 19.2 Å². The molecule has 0 radical (unpaired) electrons. The molecule has 18 heavy (non-hydrogen) atoms. The first-order chi connectivity index (χ1) is 8.51. The van der Waals surface area contributed by atoms with Gasteiger partial charge in [-0.15, -0.1) is 0 Å². The summed E-state index contributed by atoms with van der Waals surface area (Å²) in [6.07, 6.45) is 2.94. The van der Waals surface area contributed by atoms with Crippen LogP contribution in [-0.4, -0.2) is 27.6 Å². The maximum atomic E-state index is 11.5. The Balaban J connectivity index is 2.04. The molecule has 6 heteroatoms. The normalized spacial score (nSPS) is 24.1. The summed E-state index contributed by atoms with van der Waals surface area (Å²) in [4.78, 5) is 0.237. The van der Waals surface area contributed by atoms with Crippen LogP contribution in [0.5, 0.6) is 5.75 Å². The molecule has 2 unspecified atom stereocenters. The number of hydrogen-bond acceptors (Lipinski definition) is 4. The van der Waals surface area contributed by atoms with E-state index in [2.05, 4.69) is 4.72 Å². The minimum Gasteiger partial charge on any atom is -0.490 e. The van der Waals surface area contributed by atoms with Crippen LogP contribution in [0.25, 0.3) is 0 Å². The number of rotatable bonds is 4. The Morgan fingerprint density at radius 2 is 1.94 bits per heavy atom. The van der Waals surface area contributed by atoms with Gasteiger partial charge in [-0.1, -0.05) is 0 Å². The summed E-state index contributed by atoms with van der Waals surface area (Å²) < 4.78 is 31.1. The van der Waals surface area contributed by atoms with Crippen molar-refractivity contribution in [2.75, 3.05) is 7.05 Å². The van der Waals surface area contributed by atoms with E-state index in [4.69, 9.17) is 10.5 Å². The zero-order valence-corrected chi connectivity index (χ0v) is 11.1. The predicted octanol–water partition coefficient (Wildman–Crippen LogP) is 0.853. The molecule has 0 saturated heterocycles. The molecular weight excluding hydrogens is 252 g/mol. The van der Waals surface area contributed by atoms with Gasteiger partial charge in [0.15, 0.2) is 0 Å². The lowest BCUT2D eigenvalue weighted by molar-refractivity contribution is 0.208. The van der Waals surface area contributed by atoms with E-state index in [-0.39, 0.29) is 17.0 Å². The van der Waals surface area contributed by atoms with E-state index >= 15 is 0 Å². The van der Waals surface area contributed by atoms with Crippen molar-refractivity contribution >= 4 is 10.0 Å². The molecule has 0 amide bonds. The van der Waals surface area contributed by atoms with Crippen LogP contribution >= 0.6 is 0 Å². The fourth-order valence-electron chi connectivity index (χ4n) is 2.09. The van der Waals surface area contributed by atoms with E-state index in [9.17, 15) is 8.42 Å². The highest BCUT2D eigenvalue weighted by Crippen LogP contribution is 2.24. The fraction of sp³-hybridized carbons (Fsp3) is 0.500. The highest BCUT2D eigenvalue weighted by Gasteiger charge is 2.23. The monoisotopic (exact) mass is 270 g/mol. The maximum Gasteiger partial charge on any atom is 0.240 e. The van der Waals surface area contributed by atoms with Crippen molar-refractivity contribution in [2.45, 2.75) is 36.3 Å². The third-order valence-electron chi connectivity index (χ3n) is 3.13. The van der Waals surface area contributed by atoms with Gasteiger partial charge in [-0.25, -0.2) is 13.1 Å². The standard InChI is InChI=1S/C12H18N2O3S/c1-14-18(15,16)12-6-4-10(5-7-12)17-11-3-2-9(13)8-11/h4-7,9,11,14H,2-3,8,13H2,1H3. The van der Waals surface area contributed by atoms with Crippen LogP contribution in [0.2, 0.25) is 0 Å². The van der Waals surface area contributed by atoms with Gasteiger partial charge in [0.1, 0.15) is 11.9 Å². The second-order valence-corrected chi connectivity index (χ2v) is 6.38. The van der Waals surface area contributed by atoms with Gasteiger partial charge in [0.05, 0.1) is 4.90 Å². The zero-order chi connectivity index (χ0) is 13.2. The van der Waals surface area contributed by atoms with Gasteiger partial charge in [-0.05, 0) is 50.6 Å². The fourth-order valence-corrected chi connectivity index (χ4v) is 2.82. The molecular formula is C12H18N2O3S. The van der Waals surface area contributed by atoms with Crippen molar-refractivity contribution in [1.29, 1.82) is 0 Å². The van der Waals surface area contributed by atoms with Gasteiger partial charge in [0, 0.05) is 6.04 Å². The summed E-state index contributed by atoms with van der Waals surface area (Å²) in [7, 11) is -1.99. The van der Waals surface area contributed by atoms with Gasteiger partial charge < -0.3 is 10.5 Å². The molecule has 0 aliphatic heterocycles. The number of sulfonamides is 1. The van der Waals surface area contributed by atoms with Crippen LogP contribution in [-0.2, 0) is 10.0 Å². The van der Waals surface area contributed by atoms with Crippen LogP contribution in [0.4, 0.5) is 0 Å². The lowest BCUT2D eigenvalue weighted by Gasteiger charge is -2.13. The molecule has 1 saturated carbocycles. The SMILES string of the molecule is CNS(=O)(=O)c1ccc(OC2CCC(N)C2)cc1. The Hall–Kier alpha value is -1.11. The molecule has 1 aliphatic carbocycles. The zero-order valence-electron chi connectivity index (χ0n) is 10.3. The summed E-state index contributed by atoms with van der Waals surface area (Å²) in [6.45, 7) is 0. The first-order valence-electron chi connectivity index (χ1n) is 5.97. The Morgan fingerprint density at radius 1 is 1.28 bits per heavy atom. The van der Waals surface area contributed by atoms with Gasteiger partial charge in [0.2, 0.25) is 10.0 Å². The summed E-state index contributed by atoms with van der Waals surface area (Å²) in [5.41, 5.74) is 5.81. The minimum absolute atomic E-state index is 0.145. The minimum atomic E-state index is -3.38. The summed E-state index contributed by atoms with van der Waals surface area (Å²) in [5, 5.41) is 0. The van der Waals surface area contributed by atoms with Crippen molar-refractivity contribution in [3.05, 3.63) is 24.3 Å². The second kappa shape index (κ2) is 5.26. The molecule has 1 aromatic rings. The van der Waals surface area contributed by atoms with Crippen LogP contribution < -0.4 is 15.2 Å². The Morgan fingerprint density at radius 3 is 2.44 bits per heavy atom. The van der Waals surface area contributed by atoms with Crippen molar-refractivity contribution in [3.8, 4) is 5.75 Å². The number of nitrogens with one attached hydrogen (secondary N) is 1. The van der Waals surface area contributed by atoms with Gasteiger partial charge >= 0.3 is 0 Å². The molecule has 1 fully saturated rings. The lowest BCUT2D eigenvalue weighted by Crippen LogP contribution is -2.19. The van der Waals surface area contributed by atoms with E-state index in [1.54, 1.807) is 12.1 Å². The number of ether oxygens (including phenoxy) is 1. The van der Waals surface area contributed by atoms with Gasteiger partial charge in [0.25, 0.3) is 0 Å². The molecule has 0 spiro atoms. The summed E-state index contributed by atoms with van der Waals surface area (Å²) in [6, 6.07) is 6.65. The Bertz CT molecular complexity index is 499.